The van der Waals surface area contributed by atoms with Gasteiger partial charge in [0.1, 0.15) is 6.10 Å². The zero-order chi connectivity index (χ0) is 27.2. The Labute approximate surface area is 225 Å². The van der Waals surface area contributed by atoms with Gasteiger partial charge in [-0.3, -0.25) is 4.79 Å². The maximum atomic E-state index is 11.6. The van der Waals surface area contributed by atoms with E-state index in [1.54, 1.807) is 6.92 Å². The highest BCUT2D eigenvalue weighted by Gasteiger charge is 2.72. The average molecular weight is 538 g/mol. The molecule has 6 rings (SSSR count). The molecule has 6 aliphatic rings. The van der Waals surface area contributed by atoms with Crippen molar-refractivity contribution in [1.82, 2.24) is 0 Å². The third-order valence-electron chi connectivity index (χ3n) is 12.7. The molecule has 0 radical (unpaired) electrons. The summed E-state index contributed by atoms with van der Waals surface area (Å²) >= 11 is 0. The molecule has 4 aliphatic carbocycles. The molecule has 15 atom stereocenters. The quantitative estimate of drug-likeness (QED) is 0.340. The number of aliphatic hydroxyl groups is 3. The number of aliphatic hydroxyl groups excluding tert-OH is 3. The Balaban J connectivity index is 1.18. The highest BCUT2D eigenvalue weighted by Crippen LogP contribution is 2.73. The van der Waals surface area contributed by atoms with Gasteiger partial charge in [0, 0.05) is 11.3 Å². The van der Waals surface area contributed by atoms with Crippen LogP contribution < -0.4 is 5.73 Å². The molecule has 2 bridgehead atoms. The molecular weight excluding hydrogens is 490 g/mol. The van der Waals surface area contributed by atoms with Crippen molar-refractivity contribution < 1.29 is 39.4 Å². The fourth-order valence-electron chi connectivity index (χ4n) is 10.6. The van der Waals surface area contributed by atoms with Crippen LogP contribution in [-0.4, -0.2) is 75.0 Å². The normalized spacial score (nSPS) is 58.0. The number of ether oxygens (including phenoxy) is 3. The molecule has 9 heteroatoms. The van der Waals surface area contributed by atoms with E-state index in [1.165, 1.54) is 0 Å². The first kappa shape index (κ1) is 27.4. The minimum atomic E-state index is -1.06. The van der Waals surface area contributed by atoms with Crippen LogP contribution in [0.15, 0.2) is 0 Å². The standard InChI is InChI=1S/C29H47NO8/c1-14-23(33)22(30)24(34)26(36-14)37-16-6-9-27(2)15(12-16)4-5-20-19(27)7-10-28(3)18-8-11-29(20,28)38-25(35)17(18)13-21(31)32/h14-20,22-26,33-35H,4-13,30H2,1-3H3,(H,31,32)/t14-,15+,16-,17-,18+,19-,20+,22+,23-,24+,25-,26-,27-,28+,29-/m0/s1. The largest absolute Gasteiger partial charge is 0.481 e. The number of aliphatic carboxylic acids is 1. The number of rotatable bonds is 4. The van der Waals surface area contributed by atoms with Crippen LogP contribution in [0.2, 0.25) is 0 Å². The number of carbonyl (C=O) groups is 1. The summed E-state index contributed by atoms with van der Waals surface area (Å²) < 4.78 is 18.7. The van der Waals surface area contributed by atoms with E-state index in [-0.39, 0.29) is 40.8 Å². The first-order chi connectivity index (χ1) is 17.9. The molecule has 0 aromatic rings. The number of carboxylic acids is 1. The van der Waals surface area contributed by atoms with E-state index < -0.39 is 42.9 Å². The molecule has 2 heterocycles. The topological polar surface area (TPSA) is 152 Å². The monoisotopic (exact) mass is 537 g/mol. The first-order valence-corrected chi connectivity index (χ1v) is 14.9. The summed E-state index contributed by atoms with van der Waals surface area (Å²) in [4.78, 5) is 11.6. The summed E-state index contributed by atoms with van der Waals surface area (Å²) in [6.45, 7) is 6.52. The molecule has 0 aromatic heterocycles. The van der Waals surface area contributed by atoms with Crippen LogP contribution >= 0.6 is 0 Å². The molecule has 0 spiro atoms. The molecular formula is C29H47NO8. The van der Waals surface area contributed by atoms with Crippen LogP contribution in [0.4, 0.5) is 0 Å². The molecule has 2 aliphatic heterocycles. The summed E-state index contributed by atoms with van der Waals surface area (Å²) in [5, 5.41) is 41.2. The van der Waals surface area contributed by atoms with Gasteiger partial charge in [-0.2, -0.15) is 0 Å². The van der Waals surface area contributed by atoms with Gasteiger partial charge in [-0.1, -0.05) is 13.8 Å². The number of hydrogen-bond acceptors (Lipinski definition) is 8. The maximum Gasteiger partial charge on any atom is 0.303 e. The van der Waals surface area contributed by atoms with Gasteiger partial charge in [-0.15, -0.1) is 0 Å². The summed E-state index contributed by atoms with van der Waals surface area (Å²) in [5.41, 5.74) is 5.71. The van der Waals surface area contributed by atoms with Gasteiger partial charge in [-0.05, 0) is 93.8 Å². The van der Waals surface area contributed by atoms with E-state index in [1.807, 2.05) is 0 Å². The molecule has 9 nitrogen and oxygen atoms in total. The van der Waals surface area contributed by atoms with Gasteiger partial charge in [0.05, 0.1) is 36.4 Å². The number of carboxylic acid groups (broad SMARTS) is 1. The Morgan fingerprint density at radius 2 is 1.71 bits per heavy atom. The van der Waals surface area contributed by atoms with Crippen LogP contribution in [0.5, 0.6) is 0 Å². The van der Waals surface area contributed by atoms with Crippen molar-refractivity contribution in [2.24, 2.45) is 46.2 Å². The van der Waals surface area contributed by atoms with Crippen molar-refractivity contribution in [3.8, 4) is 0 Å². The Bertz CT molecular complexity index is 934. The summed E-state index contributed by atoms with van der Waals surface area (Å²) in [6.07, 6.45) is 4.57. The van der Waals surface area contributed by atoms with E-state index in [2.05, 4.69) is 13.8 Å². The number of nitrogens with two attached hydrogens (primary N) is 1. The molecule has 0 aromatic carbocycles. The smallest absolute Gasteiger partial charge is 0.303 e. The summed E-state index contributed by atoms with van der Waals surface area (Å²) in [6, 6.07) is -0.792. The molecule has 38 heavy (non-hydrogen) atoms. The Morgan fingerprint density at radius 3 is 2.45 bits per heavy atom. The Hall–Kier alpha value is -0.810. The van der Waals surface area contributed by atoms with Gasteiger partial charge >= 0.3 is 5.97 Å². The van der Waals surface area contributed by atoms with Crippen molar-refractivity contribution in [1.29, 1.82) is 0 Å². The molecule has 216 valence electrons. The second kappa shape index (κ2) is 9.36. The third kappa shape index (κ3) is 3.79. The minimum absolute atomic E-state index is 0.0219. The second-order valence-electron chi connectivity index (χ2n) is 14.1. The van der Waals surface area contributed by atoms with Gasteiger partial charge in [0.25, 0.3) is 0 Å². The van der Waals surface area contributed by atoms with Crippen molar-refractivity contribution >= 4 is 5.97 Å². The molecule has 4 saturated carbocycles. The predicted octanol–water partition coefficient (Wildman–Crippen LogP) is 2.39. The van der Waals surface area contributed by atoms with Gasteiger partial charge in [-0.25, -0.2) is 0 Å². The van der Waals surface area contributed by atoms with E-state index in [9.17, 15) is 25.2 Å². The second-order valence-corrected chi connectivity index (χ2v) is 14.1. The number of fused-ring (bicyclic) bond motifs is 3. The van der Waals surface area contributed by atoms with Crippen LogP contribution in [-0.2, 0) is 19.0 Å². The molecule has 2 saturated heterocycles. The number of hydrogen-bond donors (Lipinski definition) is 5. The minimum Gasteiger partial charge on any atom is -0.481 e. The highest BCUT2D eigenvalue weighted by atomic mass is 16.7. The van der Waals surface area contributed by atoms with Crippen molar-refractivity contribution in [3.63, 3.8) is 0 Å². The fourth-order valence-corrected chi connectivity index (χ4v) is 10.6. The molecule has 6 N–H and O–H groups in total. The third-order valence-corrected chi connectivity index (χ3v) is 12.7. The fraction of sp³-hybridized carbons (Fsp3) is 0.966. The zero-order valence-electron chi connectivity index (χ0n) is 23.0. The summed E-state index contributed by atoms with van der Waals surface area (Å²) in [5.74, 6) is 0.350. The molecule has 0 unspecified atom stereocenters. The van der Waals surface area contributed by atoms with Crippen molar-refractivity contribution in [3.05, 3.63) is 0 Å². The Kier molecular flexibility index (Phi) is 6.74. The lowest BCUT2D eigenvalue weighted by molar-refractivity contribution is -0.334. The van der Waals surface area contributed by atoms with Crippen LogP contribution in [0, 0.1) is 40.4 Å². The van der Waals surface area contributed by atoms with Crippen molar-refractivity contribution in [2.75, 3.05) is 0 Å². The van der Waals surface area contributed by atoms with E-state index in [0.717, 1.165) is 57.8 Å². The summed E-state index contributed by atoms with van der Waals surface area (Å²) in [7, 11) is 0. The Morgan fingerprint density at radius 1 is 0.974 bits per heavy atom. The van der Waals surface area contributed by atoms with Crippen LogP contribution in [0.3, 0.4) is 0 Å². The lowest BCUT2D eigenvalue weighted by Gasteiger charge is -2.67. The predicted molar refractivity (Wildman–Crippen MR) is 136 cm³/mol. The van der Waals surface area contributed by atoms with Crippen LogP contribution in [0.1, 0.15) is 85.0 Å². The maximum absolute atomic E-state index is 11.6. The van der Waals surface area contributed by atoms with E-state index in [4.69, 9.17) is 19.9 Å². The van der Waals surface area contributed by atoms with E-state index >= 15 is 0 Å². The zero-order valence-corrected chi connectivity index (χ0v) is 23.0. The van der Waals surface area contributed by atoms with Crippen LogP contribution in [0.25, 0.3) is 0 Å². The van der Waals surface area contributed by atoms with Gasteiger partial charge in [0.15, 0.2) is 12.6 Å². The highest BCUT2D eigenvalue weighted by molar-refractivity contribution is 5.67. The molecule has 6 fully saturated rings. The van der Waals surface area contributed by atoms with Gasteiger partial charge < -0.3 is 40.4 Å². The average Bonchev–Trinajstić information content (AvgIpc) is 3.07. The first-order valence-electron chi connectivity index (χ1n) is 14.9. The van der Waals surface area contributed by atoms with E-state index in [0.29, 0.717) is 17.8 Å². The molecule has 0 amide bonds. The SMILES string of the molecule is C[C@@H]1O[C@@H](O[C@H]2CC[C@@]3(C)[C@H](CC[C@@H]4[C@@H]3CC[C@]3(C)[C@@H]5CC[C@]43O[C@H](O)[C@H]5CC(=O)O)C2)[C@H](O)[C@H](N)[C@H]1O. The van der Waals surface area contributed by atoms with Gasteiger partial charge in [0.2, 0.25) is 0 Å². The van der Waals surface area contributed by atoms with Crippen molar-refractivity contribution in [2.45, 2.75) is 134 Å². The lowest BCUT2D eigenvalue weighted by Crippen LogP contribution is -2.67. The lowest BCUT2D eigenvalue weighted by atomic mass is 9.42.